The lowest BCUT2D eigenvalue weighted by Crippen LogP contribution is -2.08. The van der Waals surface area contributed by atoms with Gasteiger partial charge in [-0.3, -0.25) is 0 Å². The minimum absolute atomic E-state index is 0.355. The highest BCUT2D eigenvalue weighted by atomic mass is 16.5. The van der Waals surface area contributed by atoms with Crippen molar-refractivity contribution in [1.29, 1.82) is 0 Å². The zero-order chi connectivity index (χ0) is 18.5. The molecule has 1 heterocycles. The van der Waals surface area contributed by atoms with Crippen molar-refractivity contribution in [2.75, 3.05) is 0 Å². The van der Waals surface area contributed by atoms with Crippen molar-refractivity contribution in [2.45, 2.75) is 20.0 Å². The summed E-state index contributed by atoms with van der Waals surface area (Å²) in [5.74, 6) is 0.672. The molecule has 1 atom stereocenters. The van der Waals surface area contributed by atoms with Gasteiger partial charge in [0.15, 0.2) is 0 Å². The Kier molecular flexibility index (Phi) is 5.12. The maximum Gasteiger partial charge on any atom is 0.328 e. The predicted molar refractivity (Wildman–Crippen MR) is 97.7 cm³/mol. The Morgan fingerprint density at radius 3 is 2.31 bits per heavy atom. The number of nitrogens with zero attached hydrogens (tertiary/aromatic N) is 2. The van der Waals surface area contributed by atoms with Crippen molar-refractivity contribution < 1.29 is 19.4 Å². The van der Waals surface area contributed by atoms with Gasteiger partial charge in [0.05, 0.1) is 11.0 Å². The van der Waals surface area contributed by atoms with Crippen LogP contribution in [0.3, 0.4) is 0 Å². The molecule has 0 fully saturated rings. The number of hydrogen-bond donors (Lipinski definition) is 1. The Bertz CT molecular complexity index is 952. The Labute approximate surface area is 150 Å². The zero-order valence-corrected chi connectivity index (χ0v) is 14.4. The number of carboxylic acids is 1. The van der Waals surface area contributed by atoms with Crippen LogP contribution in [0, 0.1) is 6.92 Å². The Hall–Kier alpha value is -3.41. The van der Waals surface area contributed by atoms with Crippen LogP contribution in [0.4, 0.5) is 0 Å². The van der Waals surface area contributed by atoms with E-state index in [-0.39, 0.29) is 6.10 Å². The molecular weight excluding hydrogens is 332 g/mol. The first-order chi connectivity index (χ1) is 12.5. The van der Waals surface area contributed by atoms with E-state index in [1.165, 1.54) is 6.08 Å². The van der Waals surface area contributed by atoms with E-state index < -0.39 is 5.97 Å². The molecule has 132 valence electrons. The van der Waals surface area contributed by atoms with E-state index in [1.54, 1.807) is 31.2 Å². The minimum atomic E-state index is -1.00. The monoisotopic (exact) mass is 350 g/mol. The standard InChI is InChI=1S/C20H18N2O4/c1-13(7-12-19(23)24)25-15-8-10-16(11-9-15)26-20-14(2)21-17-5-3-4-6-18(17)22-20/h3-13H,1-2H3,(H,23,24). The summed E-state index contributed by atoms with van der Waals surface area (Å²) in [6.45, 7) is 3.61. The minimum Gasteiger partial charge on any atom is -0.487 e. The molecule has 2 aromatic carbocycles. The van der Waals surface area contributed by atoms with Gasteiger partial charge >= 0.3 is 5.97 Å². The number of hydrogen-bond acceptors (Lipinski definition) is 5. The summed E-state index contributed by atoms with van der Waals surface area (Å²) in [6.07, 6.45) is 2.18. The molecular formula is C20H18N2O4. The van der Waals surface area contributed by atoms with Gasteiger partial charge in [-0.25, -0.2) is 14.8 Å². The molecule has 6 nitrogen and oxygen atoms in total. The predicted octanol–water partition coefficient (Wildman–Crippen LogP) is 4.14. The summed E-state index contributed by atoms with van der Waals surface area (Å²) in [4.78, 5) is 19.5. The average molecular weight is 350 g/mol. The van der Waals surface area contributed by atoms with E-state index >= 15 is 0 Å². The number of aromatic nitrogens is 2. The summed E-state index contributed by atoms with van der Waals surface area (Å²) in [7, 11) is 0. The third-order valence-corrected chi connectivity index (χ3v) is 3.57. The number of carboxylic acid groups (broad SMARTS) is 1. The largest absolute Gasteiger partial charge is 0.487 e. The van der Waals surface area contributed by atoms with Gasteiger partial charge in [0.25, 0.3) is 0 Å². The molecule has 26 heavy (non-hydrogen) atoms. The molecule has 0 amide bonds. The molecule has 0 radical (unpaired) electrons. The average Bonchev–Trinajstić information content (AvgIpc) is 2.62. The first-order valence-electron chi connectivity index (χ1n) is 8.10. The van der Waals surface area contributed by atoms with Crippen LogP contribution in [-0.2, 0) is 4.79 Å². The highest BCUT2D eigenvalue weighted by molar-refractivity contribution is 5.79. The van der Waals surface area contributed by atoms with Gasteiger partial charge < -0.3 is 14.6 Å². The molecule has 1 unspecified atom stereocenters. The Balaban J connectivity index is 1.71. The zero-order valence-electron chi connectivity index (χ0n) is 14.4. The third kappa shape index (κ3) is 4.36. The molecule has 6 heteroatoms. The highest BCUT2D eigenvalue weighted by Gasteiger charge is 2.08. The summed E-state index contributed by atoms with van der Waals surface area (Å²) in [5.41, 5.74) is 2.30. The fraction of sp³-hybridized carbons (Fsp3) is 0.150. The van der Waals surface area contributed by atoms with Crippen LogP contribution in [0.15, 0.2) is 60.7 Å². The van der Waals surface area contributed by atoms with E-state index in [9.17, 15) is 4.79 Å². The van der Waals surface area contributed by atoms with Gasteiger partial charge in [-0.05, 0) is 56.3 Å². The highest BCUT2D eigenvalue weighted by Crippen LogP contribution is 2.26. The number of para-hydroxylation sites is 2. The molecule has 0 saturated heterocycles. The van der Waals surface area contributed by atoms with E-state index in [0.717, 1.165) is 17.1 Å². The van der Waals surface area contributed by atoms with Crippen LogP contribution in [0.25, 0.3) is 11.0 Å². The first kappa shape index (κ1) is 17.4. The molecule has 0 spiro atoms. The second kappa shape index (κ2) is 7.65. The fourth-order valence-corrected chi connectivity index (χ4v) is 2.34. The Morgan fingerprint density at radius 2 is 1.65 bits per heavy atom. The van der Waals surface area contributed by atoms with Gasteiger partial charge in [0, 0.05) is 6.08 Å². The summed E-state index contributed by atoms with van der Waals surface area (Å²) >= 11 is 0. The second-order valence-electron chi connectivity index (χ2n) is 5.70. The van der Waals surface area contributed by atoms with E-state index in [0.29, 0.717) is 23.1 Å². The number of ether oxygens (including phenoxy) is 2. The maximum absolute atomic E-state index is 10.5. The molecule has 0 saturated carbocycles. The molecule has 0 aliphatic heterocycles. The second-order valence-corrected chi connectivity index (χ2v) is 5.70. The van der Waals surface area contributed by atoms with Gasteiger partial charge in [-0.1, -0.05) is 12.1 Å². The van der Waals surface area contributed by atoms with Crippen molar-refractivity contribution in [1.82, 2.24) is 9.97 Å². The van der Waals surface area contributed by atoms with Gasteiger partial charge in [-0.2, -0.15) is 0 Å². The fourth-order valence-electron chi connectivity index (χ4n) is 2.34. The summed E-state index contributed by atoms with van der Waals surface area (Å²) in [6, 6.07) is 14.7. The maximum atomic E-state index is 10.5. The van der Waals surface area contributed by atoms with Gasteiger partial charge in [0.1, 0.15) is 23.3 Å². The summed E-state index contributed by atoms with van der Waals surface area (Å²) in [5, 5.41) is 8.62. The van der Waals surface area contributed by atoms with Crippen LogP contribution in [0.1, 0.15) is 12.6 Å². The van der Waals surface area contributed by atoms with Crippen molar-refractivity contribution in [3.8, 4) is 17.4 Å². The number of rotatable bonds is 6. The van der Waals surface area contributed by atoms with Crippen molar-refractivity contribution in [3.05, 3.63) is 66.4 Å². The smallest absolute Gasteiger partial charge is 0.328 e. The normalized spacial score (nSPS) is 12.2. The lowest BCUT2D eigenvalue weighted by Gasteiger charge is -2.12. The van der Waals surface area contributed by atoms with E-state index in [1.807, 2.05) is 31.2 Å². The number of carbonyl (C=O) groups is 1. The van der Waals surface area contributed by atoms with E-state index in [2.05, 4.69) is 9.97 Å². The number of fused-ring (bicyclic) bond motifs is 1. The van der Waals surface area contributed by atoms with Gasteiger partial charge in [0.2, 0.25) is 5.88 Å². The van der Waals surface area contributed by atoms with Gasteiger partial charge in [-0.15, -0.1) is 0 Å². The van der Waals surface area contributed by atoms with Crippen LogP contribution in [0.2, 0.25) is 0 Å². The Morgan fingerprint density at radius 1 is 1.04 bits per heavy atom. The summed E-state index contributed by atoms with van der Waals surface area (Å²) < 4.78 is 11.5. The molecule has 1 aromatic heterocycles. The first-order valence-corrected chi connectivity index (χ1v) is 8.10. The molecule has 1 N–H and O–H groups in total. The quantitative estimate of drug-likeness (QED) is 0.673. The molecule has 0 aliphatic rings. The number of aliphatic carboxylic acids is 1. The third-order valence-electron chi connectivity index (χ3n) is 3.57. The van der Waals surface area contributed by atoms with Crippen molar-refractivity contribution >= 4 is 17.0 Å². The molecule has 0 bridgehead atoms. The SMILES string of the molecule is Cc1nc2ccccc2nc1Oc1ccc(OC(C)C=CC(=O)O)cc1. The lowest BCUT2D eigenvalue weighted by molar-refractivity contribution is -0.131. The molecule has 3 rings (SSSR count). The van der Waals surface area contributed by atoms with E-state index in [4.69, 9.17) is 14.6 Å². The topological polar surface area (TPSA) is 81.5 Å². The van der Waals surface area contributed by atoms with Crippen molar-refractivity contribution in [2.24, 2.45) is 0 Å². The lowest BCUT2D eigenvalue weighted by atomic mass is 10.3. The van der Waals surface area contributed by atoms with Crippen LogP contribution in [-0.4, -0.2) is 27.1 Å². The van der Waals surface area contributed by atoms with Crippen LogP contribution < -0.4 is 9.47 Å². The molecule has 3 aromatic rings. The molecule has 0 aliphatic carbocycles. The number of aryl methyl sites for hydroxylation is 1. The van der Waals surface area contributed by atoms with Crippen molar-refractivity contribution in [3.63, 3.8) is 0 Å². The number of benzene rings is 2. The van der Waals surface area contributed by atoms with Crippen LogP contribution >= 0.6 is 0 Å². The van der Waals surface area contributed by atoms with Crippen LogP contribution in [0.5, 0.6) is 17.4 Å².